The van der Waals surface area contributed by atoms with Crippen molar-refractivity contribution in [3.8, 4) is 12.3 Å². The molecule has 1 radical (unpaired) electrons. The number of aromatic nitrogens is 3. The van der Waals surface area contributed by atoms with Gasteiger partial charge < -0.3 is 28.8 Å². The van der Waals surface area contributed by atoms with Crippen LogP contribution in [-0.2, 0) is 78.5 Å². The van der Waals surface area contributed by atoms with Crippen LogP contribution in [0, 0.1) is 24.3 Å². The molecule has 0 saturated carbocycles. The Morgan fingerprint density at radius 1 is 1.25 bits per heavy atom. The van der Waals surface area contributed by atoms with E-state index in [2.05, 4.69) is 20.4 Å². The van der Waals surface area contributed by atoms with Crippen LogP contribution in [0.2, 0.25) is 5.28 Å². The first-order chi connectivity index (χ1) is 18.4. The minimum Gasteiger partial charge on any atom is -0.542 e. The maximum Gasteiger partial charge on any atom is 0.475 e. The molecule has 19 heteroatoms. The first-order valence-corrected chi connectivity index (χ1v) is 14.9. The molecule has 2 N–H and O–H groups in total. The number of nitrogen functional groups attached to an aromatic ring is 1. The molecule has 40 heavy (non-hydrogen) atoms. The second-order valence-electron chi connectivity index (χ2n) is 8.93. The van der Waals surface area contributed by atoms with Crippen LogP contribution in [0.3, 0.4) is 0 Å². The third-order valence-electron chi connectivity index (χ3n) is 6.48. The third kappa shape index (κ3) is 6.08. The Hall–Kier alpha value is -0.556. The number of hydrogen-bond acceptors (Lipinski definition) is 13. The van der Waals surface area contributed by atoms with Gasteiger partial charge in [-0.1, -0.05) is 5.92 Å². The van der Waals surface area contributed by atoms with E-state index in [9.17, 15) is 13.5 Å². The average molecular weight is 699 g/mol. The van der Waals surface area contributed by atoms with Gasteiger partial charge in [-0.25, -0.2) is 18.5 Å². The molecule has 2 aromatic heterocycles. The fourth-order valence-electron chi connectivity index (χ4n) is 4.58. The quantitative estimate of drug-likeness (QED) is 0.213. The van der Waals surface area contributed by atoms with Crippen molar-refractivity contribution in [2.24, 2.45) is 0 Å². The average Bonchev–Trinajstić information content (AvgIpc) is 3.56. The van der Waals surface area contributed by atoms with Crippen molar-refractivity contribution in [1.82, 2.24) is 14.5 Å². The monoisotopic (exact) mass is 698 g/mol. The number of phosphoric ester groups is 2. The number of nitrogens with two attached hydrogens (primary N) is 1. The van der Waals surface area contributed by atoms with Gasteiger partial charge in [0.15, 0.2) is 17.1 Å². The summed E-state index contributed by atoms with van der Waals surface area (Å²) in [7, 11) is -4.50. The maximum atomic E-state index is 14.3. The summed E-state index contributed by atoms with van der Waals surface area (Å²) in [6.45, 7) is 1.95. The number of rotatable bonds is 3. The third-order valence-corrected chi connectivity index (χ3v) is 9.46. The zero-order valence-corrected chi connectivity index (χ0v) is 26.9. The summed E-state index contributed by atoms with van der Waals surface area (Å²) < 4.78 is 80.9. The van der Waals surface area contributed by atoms with Crippen LogP contribution in [0.15, 0.2) is 6.20 Å². The predicted molar refractivity (Wildman–Crippen MR) is 132 cm³/mol. The van der Waals surface area contributed by atoms with E-state index in [0.29, 0.717) is 6.42 Å². The number of nitrogens with zero attached hydrogens (tertiary/aromatic N) is 3. The fourth-order valence-corrected chi connectivity index (χ4v) is 6.98. The van der Waals surface area contributed by atoms with Gasteiger partial charge in [-0.3, -0.25) is 18.1 Å². The summed E-state index contributed by atoms with van der Waals surface area (Å²) in [5.74, 6) is 1.75. The molecule has 0 spiro atoms. The van der Waals surface area contributed by atoms with Gasteiger partial charge in [0.05, 0.1) is 5.39 Å². The van der Waals surface area contributed by atoms with Gasteiger partial charge in [-0.05, 0) is 37.7 Å². The Labute approximate surface area is 259 Å². The minimum atomic E-state index is -3.72. The smallest absolute Gasteiger partial charge is 0.475 e. The van der Waals surface area contributed by atoms with Gasteiger partial charge in [0.2, 0.25) is 5.28 Å². The molecule has 6 heterocycles. The van der Waals surface area contributed by atoms with E-state index in [1.165, 1.54) is 18.8 Å². The van der Waals surface area contributed by atoms with Crippen molar-refractivity contribution in [2.75, 3.05) is 33.2 Å². The number of hydrogen-bond donors (Lipinski definition) is 1. The molecule has 4 saturated heterocycles. The summed E-state index contributed by atoms with van der Waals surface area (Å²) in [6, 6.07) is 0. The Balaban J connectivity index is 0.000000223. The summed E-state index contributed by atoms with van der Waals surface area (Å²) in [4.78, 5) is 7.77. The molecule has 4 fully saturated rings. The summed E-state index contributed by atoms with van der Waals surface area (Å²) >= 11 is 5.84. The predicted octanol–water partition coefficient (Wildman–Crippen LogP) is 3.76. The molecule has 2 unspecified atom stereocenters. The Bertz CT molecular complexity index is 1410. The number of fused-ring (bicyclic) bond motifs is 3. The first kappa shape index (κ1) is 32.4. The van der Waals surface area contributed by atoms with Crippen molar-refractivity contribution in [3.63, 3.8) is 0 Å². The van der Waals surface area contributed by atoms with Gasteiger partial charge in [-0.2, -0.15) is 4.98 Å². The minimum absolute atomic E-state index is 0. The number of ether oxygens (including phenoxy) is 2. The summed E-state index contributed by atoms with van der Waals surface area (Å²) in [5.41, 5.74) is 4.58. The van der Waals surface area contributed by atoms with Crippen molar-refractivity contribution in [2.45, 2.75) is 49.9 Å². The van der Waals surface area contributed by atoms with E-state index in [0.717, 1.165) is 12.3 Å². The number of phosphoric acid groups is 2. The number of terminal acetylenes is 1. The molecule has 6 rings (SSSR count). The molecule has 4 aliphatic rings. The topological polar surface area (TPSA) is 165 Å². The Morgan fingerprint density at radius 3 is 2.62 bits per heavy atom. The van der Waals surface area contributed by atoms with Crippen LogP contribution in [-0.4, -0.2) is 65.9 Å². The van der Waals surface area contributed by atoms with Crippen LogP contribution in [0.4, 0.5) is 10.2 Å². The SMILES string of the molecule is C#C[C@@]12COP(=O)(OC)O[C@H]1C[C@H](n1cc(F)c3c(N)nc(Cl)nc31)O2.COP1(=O)OC[C-]2O[C@@H](C)C[C@@H]2O1.[Y]. The Kier molecular flexibility index (Phi) is 9.88. The van der Waals surface area contributed by atoms with Gasteiger partial charge in [0, 0.05) is 65.7 Å². The van der Waals surface area contributed by atoms with E-state index in [4.69, 9.17) is 55.9 Å². The second kappa shape index (κ2) is 12.2. The zero-order valence-electron chi connectivity index (χ0n) is 21.5. The van der Waals surface area contributed by atoms with Crippen LogP contribution in [0.5, 0.6) is 0 Å². The van der Waals surface area contributed by atoms with Gasteiger partial charge in [0.25, 0.3) is 0 Å². The van der Waals surface area contributed by atoms with E-state index in [1.54, 1.807) is 0 Å². The molecule has 0 aliphatic carbocycles. The molecular weight excluding hydrogens is 674 g/mol. The van der Waals surface area contributed by atoms with E-state index in [1.807, 2.05) is 6.92 Å². The molecular formula is C21H25ClFN4O10P2Y-. The van der Waals surface area contributed by atoms with Crippen LogP contribution >= 0.6 is 27.2 Å². The normalized spacial score (nSPS) is 37.1. The first-order valence-electron chi connectivity index (χ1n) is 11.6. The molecule has 0 bridgehead atoms. The molecule has 4 aliphatic heterocycles. The standard InChI is InChI=1S/C14H13ClFN4O5P.C7H12O5P.Y/c1-3-14-6-23-26(21,22-2)25-8(14)4-9(24-14)20-5-7(16)10-11(17)18-13(15)19-12(10)20;1-5-3-6-7(11-5)4-10-13(8,9-2)12-6;/h1,5,8-9H,4,6H2,2H3,(H2,17,18,19);5-6H,3-4H2,1-2H3;/q;-1;/t8-,9+,14+,26?;5-,6-,13?;/m00./s1. The van der Waals surface area contributed by atoms with Gasteiger partial charge in [0.1, 0.15) is 24.8 Å². The van der Waals surface area contributed by atoms with E-state index in [-0.39, 0.29) is 86.7 Å². The molecule has 217 valence electrons. The molecule has 0 aromatic carbocycles. The zero-order chi connectivity index (χ0) is 28.2. The number of halogens is 2. The van der Waals surface area contributed by atoms with Crippen molar-refractivity contribution >= 4 is 44.1 Å². The summed E-state index contributed by atoms with van der Waals surface area (Å²) in [6.07, 6.45) is 6.67. The molecule has 7 atom stereocenters. The van der Waals surface area contributed by atoms with Crippen molar-refractivity contribution < 1.29 is 82.8 Å². The number of anilines is 1. The molecule has 2 aromatic rings. The van der Waals surface area contributed by atoms with Crippen LogP contribution in [0.1, 0.15) is 26.0 Å². The second-order valence-corrected chi connectivity index (χ2v) is 12.7. The van der Waals surface area contributed by atoms with E-state index >= 15 is 0 Å². The van der Waals surface area contributed by atoms with Crippen molar-refractivity contribution in [1.29, 1.82) is 0 Å². The van der Waals surface area contributed by atoms with Gasteiger partial charge >= 0.3 is 15.6 Å². The van der Waals surface area contributed by atoms with Crippen molar-refractivity contribution in [3.05, 3.63) is 23.4 Å². The molecule has 0 amide bonds. The van der Waals surface area contributed by atoms with Crippen LogP contribution in [0.25, 0.3) is 11.0 Å². The maximum absolute atomic E-state index is 14.3. The van der Waals surface area contributed by atoms with Crippen LogP contribution < -0.4 is 5.73 Å². The molecule has 14 nitrogen and oxygen atoms in total. The largest absolute Gasteiger partial charge is 0.542 e. The summed E-state index contributed by atoms with van der Waals surface area (Å²) in [5, 5.41) is -0.123. The van der Waals surface area contributed by atoms with E-state index < -0.39 is 39.4 Å². The fraction of sp³-hybridized carbons (Fsp3) is 0.571. The van der Waals surface area contributed by atoms with Gasteiger partial charge in [-0.15, -0.1) is 12.5 Å². The Morgan fingerprint density at radius 2 is 1.95 bits per heavy atom.